The van der Waals surface area contributed by atoms with Crippen molar-refractivity contribution in [2.24, 2.45) is 0 Å². The van der Waals surface area contributed by atoms with Crippen LogP contribution in [0.5, 0.6) is 5.75 Å². The van der Waals surface area contributed by atoms with Crippen molar-refractivity contribution in [3.63, 3.8) is 0 Å². The van der Waals surface area contributed by atoms with E-state index in [4.69, 9.17) is 16.3 Å². The van der Waals surface area contributed by atoms with E-state index in [1.54, 1.807) is 6.20 Å². The maximum Gasteiger partial charge on any atom is 0.168 e. The molecule has 0 fully saturated rings. The lowest BCUT2D eigenvalue weighted by Gasteiger charge is -2.10. The number of aryl methyl sites for hydroxylation is 1. The van der Waals surface area contributed by atoms with Crippen molar-refractivity contribution >= 4 is 34.1 Å². The van der Waals surface area contributed by atoms with Crippen LogP contribution in [0.4, 0.5) is 11.5 Å². The van der Waals surface area contributed by atoms with Crippen LogP contribution in [0.1, 0.15) is 11.4 Å². The van der Waals surface area contributed by atoms with Crippen molar-refractivity contribution in [2.75, 3.05) is 5.32 Å². The van der Waals surface area contributed by atoms with Crippen LogP contribution in [0.3, 0.4) is 0 Å². The third-order valence-corrected chi connectivity index (χ3v) is 5.23. The summed E-state index contributed by atoms with van der Waals surface area (Å²) in [4.78, 5) is 9.20. The number of hydrogen-bond acceptors (Lipinski definition) is 5. The standard InChI is InChI=1S/C25H20ClN5O/c1-17-28-24(23-15-27-31(25(23)29-17)21-5-3-2-4-6-21)30-20-11-13-22(14-12-20)32-16-18-7-9-19(26)10-8-18/h2-15H,16H2,1H3,(H,28,29,30). The number of fused-ring (bicyclic) bond motifs is 1. The second-order valence-corrected chi connectivity index (χ2v) is 7.75. The Balaban J connectivity index is 1.35. The van der Waals surface area contributed by atoms with E-state index in [0.29, 0.717) is 23.3 Å². The summed E-state index contributed by atoms with van der Waals surface area (Å²) in [6.07, 6.45) is 1.79. The Morgan fingerprint density at radius 2 is 1.66 bits per heavy atom. The van der Waals surface area contributed by atoms with E-state index >= 15 is 0 Å². The van der Waals surface area contributed by atoms with Crippen LogP contribution in [-0.4, -0.2) is 19.7 Å². The molecule has 0 unspecified atom stereocenters. The molecule has 0 amide bonds. The van der Waals surface area contributed by atoms with Crippen LogP contribution in [0, 0.1) is 6.92 Å². The van der Waals surface area contributed by atoms with Crippen molar-refractivity contribution in [1.29, 1.82) is 0 Å². The Hall–Kier alpha value is -3.90. The predicted octanol–water partition coefficient (Wildman–Crippen LogP) is 6.10. The zero-order chi connectivity index (χ0) is 21.9. The SMILES string of the molecule is Cc1nc(Nc2ccc(OCc3ccc(Cl)cc3)cc2)c2cnn(-c3ccccc3)c2n1. The van der Waals surface area contributed by atoms with Gasteiger partial charge in [-0.2, -0.15) is 5.10 Å². The highest BCUT2D eigenvalue weighted by molar-refractivity contribution is 6.30. The smallest absolute Gasteiger partial charge is 0.168 e. The summed E-state index contributed by atoms with van der Waals surface area (Å²) in [6.45, 7) is 2.36. The fraction of sp³-hybridized carbons (Fsp3) is 0.0800. The quantitative estimate of drug-likeness (QED) is 0.345. The van der Waals surface area contributed by atoms with Gasteiger partial charge in [0.15, 0.2) is 5.65 Å². The van der Waals surface area contributed by atoms with Crippen molar-refractivity contribution in [3.05, 3.63) is 101 Å². The summed E-state index contributed by atoms with van der Waals surface area (Å²) >= 11 is 5.93. The van der Waals surface area contributed by atoms with Crippen LogP contribution >= 0.6 is 11.6 Å². The molecule has 5 aromatic rings. The summed E-state index contributed by atoms with van der Waals surface area (Å²) in [5.41, 5.74) is 3.67. The monoisotopic (exact) mass is 441 g/mol. The Kier molecular flexibility index (Phi) is 5.44. The highest BCUT2D eigenvalue weighted by atomic mass is 35.5. The number of benzene rings is 3. The number of halogens is 1. The minimum absolute atomic E-state index is 0.480. The van der Waals surface area contributed by atoms with E-state index in [9.17, 15) is 0 Å². The minimum atomic E-state index is 0.480. The van der Waals surface area contributed by atoms with Gasteiger partial charge in [-0.25, -0.2) is 14.6 Å². The summed E-state index contributed by atoms with van der Waals surface area (Å²) in [6, 6.07) is 25.3. The summed E-state index contributed by atoms with van der Waals surface area (Å²) in [7, 11) is 0. The first kappa shape index (κ1) is 20.0. The summed E-state index contributed by atoms with van der Waals surface area (Å²) in [5.74, 6) is 2.16. The summed E-state index contributed by atoms with van der Waals surface area (Å²) < 4.78 is 7.69. The van der Waals surface area contributed by atoms with E-state index in [2.05, 4.69) is 20.4 Å². The molecule has 0 bridgehead atoms. The molecule has 0 aliphatic heterocycles. The van der Waals surface area contributed by atoms with Gasteiger partial charge >= 0.3 is 0 Å². The van der Waals surface area contributed by atoms with E-state index in [1.165, 1.54) is 0 Å². The highest BCUT2D eigenvalue weighted by Gasteiger charge is 2.13. The Bertz CT molecular complexity index is 1350. The van der Waals surface area contributed by atoms with Crippen LogP contribution in [0.2, 0.25) is 5.02 Å². The molecule has 0 aliphatic carbocycles. The molecule has 32 heavy (non-hydrogen) atoms. The van der Waals surface area contributed by atoms with Gasteiger partial charge in [0, 0.05) is 10.7 Å². The van der Waals surface area contributed by atoms with Crippen LogP contribution in [0.25, 0.3) is 16.7 Å². The van der Waals surface area contributed by atoms with Gasteiger partial charge in [-0.1, -0.05) is 41.9 Å². The molecule has 0 saturated carbocycles. The Morgan fingerprint density at radius 3 is 2.41 bits per heavy atom. The first-order valence-corrected chi connectivity index (χ1v) is 10.6. The van der Waals surface area contributed by atoms with Crippen molar-refractivity contribution in [3.8, 4) is 11.4 Å². The number of ether oxygens (including phenoxy) is 1. The zero-order valence-electron chi connectivity index (χ0n) is 17.4. The summed E-state index contributed by atoms with van der Waals surface area (Å²) in [5, 5.41) is 9.48. The van der Waals surface area contributed by atoms with Crippen LogP contribution in [0.15, 0.2) is 85.1 Å². The average molecular weight is 442 g/mol. The lowest BCUT2D eigenvalue weighted by molar-refractivity contribution is 0.306. The second-order valence-electron chi connectivity index (χ2n) is 7.31. The number of hydrogen-bond donors (Lipinski definition) is 1. The number of aromatic nitrogens is 4. The normalized spacial score (nSPS) is 10.9. The maximum atomic E-state index is 5.93. The number of rotatable bonds is 6. The minimum Gasteiger partial charge on any atom is -0.489 e. The van der Waals surface area contributed by atoms with Gasteiger partial charge in [0.2, 0.25) is 0 Å². The van der Waals surface area contributed by atoms with Gasteiger partial charge in [-0.3, -0.25) is 0 Å². The van der Waals surface area contributed by atoms with Crippen molar-refractivity contribution in [2.45, 2.75) is 13.5 Å². The Labute approximate surface area is 190 Å². The van der Waals surface area contributed by atoms with Gasteiger partial charge in [-0.15, -0.1) is 0 Å². The maximum absolute atomic E-state index is 5.93. The molecule has 2 aromatic heterocycles. The zero-order valence-corrected chi connectivity index (χ0v) is 18.1. The van der Waals surface area contributed by atoms with Crippen LogP contribution < -0.4 is 10.1 Å². The van der Waals surface area contributed by atoms with E-state index in [0.717, 1.165) is 33.7 Å². The predicted molar refractivity (Wildman–Crippen MR) is 127 cm³/mol. The molecule has 3 aromatic carbocycles. The fourth-order valence-corrected chi connectivity index (χ4v) is 3.51. The molecule has 158 valence electrons. The van der Waals surface area contributed by atoms with Gasteiger partial charge in [0.1, 0.15) is 24.0 Å². The molecule has 2 heterocycles. The van der Waals surface area contributed by atoms with E-state index in [1.807, 2.05) is 90.5 Å². The molecule has 0 radical (unpaired) electrons. The molecule has 1 N–H and O–H groups in total. The molecular formula is C25H20ClN5O. The molecule has 7 heteroatoms. The molecule has 0 spiro atoms. The lowest BCUT2D eigenvalue weighted by atomic mass is 10.2. The number of nitrogens with zero attached hydrogens (tertiary/aromatic N) is 4. The molecule has 0 atom stereocenters. The lowest BCUT2D eigenvalue weighted by Crippen LogP contribution is -2.02. The van der Waals surface area contributed by atoms with Gasteiger partial charge in [0.05, 0.1) is 17.3 Å². The second kappa shape index (κ2) is 8.69. The molecule has 0 aliphatic rings. The third kappa shape index (κ3) is 4.26. The van der Waals surface area contributed by atoms with Crippen molar-refractivity contribution in [1.82, 2.24) is 19.7 Å². The molecule has 6 nitrogen and oxygen atoms in total. The fourth-order valence-electron chi connectivity index (χ4n) is 3.39. The van der Waals surface area contributed by atoms with E-state index < -0.39 is 0 Å². The van der Waals surface area contributed by atoms with Crippen LogP contribution in [-0.2, 0) is 6.61 Å². The van der Waals surface area contributed by atoms with E-state index in [-0.39, 0.29) is 0 Å². The average Bonchev–Trinajstić information content (AvgIpc) is 3.24. The number of nitrogens with one attached hydrogen (secondary N) is 1. The topological polar surface area (TPSA) is 64.9 Å². The first-order valence-electron chi connectivity index (χ1n) is 10.2. The largest absolute Gasteiger partial charge is 0.489 e. The van der Waals surface area contributed by atoms with Gasteiger partial charge in [-0.05, 0) is 61.0 Å². The molecular weight excluding hydrogens is 422 g/mol. The first-order chi connectivity index (χ1) is 15.7. The van der Waals surface area contributed by atoms with Gasteiger partial charge < -0.3 is 10.1 Å². The molecule has 5 rings (SSSR count). The van der Waals surface area contributed by atoms with Gasteiger partial charge in [0.25, 0.3) is 0 Å². The third-order valence-electron chi connectivity index (χ3n) is 4.98. The number of anilines is 2. The Morgan fingerprint density at radius 1 is 0.906 bits per heavy atom. The molecule has 0 saturated heterocycles. The highest BCUT2D eigenvalue weighted by Crippen LogP contribution is 2.26. The number of para-hydroxylation sites is 1. The van der Waals surface area contributed by atoms with Crippen molar-refractivity contribution < 1.29 is 4.74 Å².